The molecule has 0 aliphatic carbocycles. The Hall–Kier alpha value is -3.59. The number of benzene rings is 2. The molecule has 2 atom stereocenters. The van der Waals surface area contributed by atoms with Gasteiger partial charge in [0.25, 0.3) is 0 Å². The SMILES string of the molecule is O=C(N[C@H](Cc1ccc(O)cc1)C(=O)N[C@@H](CO)C(=O)[O-])OCc1ccccc1. The third-order valence-corrected chi connectivity index (χ3v) is 3.98. The van der Waals surface area contributed by atoms with E-state index >= 15 is 0 Å². The van der Waals surface area contributed by atoms with E-state index in [-0.39, 0.29) is 18.8 Å². The molecule has 0 aliphatic rings. The normalized spacial score (nSPS) is 12.4. The van der Waals surface area contributed by atoms with Crippen molar-refractivity contribution in [3.05, 3.63) is 65.7 Å². The topological polar surface area (TPSA) is 148 Å². The second kappa shape index (κ2) is 10.7. The number of carbonyl (C=O) groups excluding carboxylic acids is 3. The molecule has 0 aromatic heterocycles. The van der Waals surface area contributed by atoms with Gasteiger partial charge in [0.15, 0.2) is 0 Å². The van der Waals surface area contributed by atoms with Crippen LogP contribution in [0.2, 0.25) is 0 Å². The van der Waals surface area contributed by atoms with Gasteiger partial charge in [-0.1, -0.05) is 42.5 Å². The average Bonchev–Trinajstić information content (AvgIpc) is 2.72. The maximum absolute atomic E-state index is 12.5. The number of aliphatic carboxylic acids is 1. The Morgan fingerprint density at radius 1 is 0.931 bits per heavy atom. The van der Waals surface area contributed by atoms with Crippen LogP contribution < -0.4 is 15.7 Å². The van der Waals surface area contributed by atoms with Crippen LogP contribution in [0, 0.1) is 0 Å². The Labute approximate surface area is 166 Å². The zero-order valence-corrected chi connectivity index (χ0v) is 15.4. The summed E-state index contributed by atoms with van der Waals surface area (Å²) in [5, 5.41) is 33.9. The smallest absolute Gasteiger partial charge is 0.408 e. The number of aromatic hydroxyl groups is 1. The summed E-state index contributed by atoms with van der Waals surface area (Å²) in [4.78, 5) is 35.5. The molecule has 0 heterocycles. The molecule has 0 bridgehead atoms. The molecule has 0 radical (unpaired) electrons. The number of carboxylic acids is 1. The maximum atomic E-state index is 12.5. The Bertz CT molecular complexity index is 824. The lowest BCUT2D eigenvalue weighted by Gasteiger charge is -2.23. The number of phenolic OH excluding ortho intramolecular Hbond substituents is 1. The molecule has 29 heavy (non-hydrogen) atoms. The van der Waals surface area contributed by atoms with Gasteiger partial charge in [-0.15, -0.1) is 0 Å². The van der Waals surface area contributed by atoms with Gasteiger partial charge < -0.3 is 35.5 Å². The summed E-state index contributed by atoms with van der Waals surface area (Å²) >= 11 is 0. The number of hydrogen-bond acceptors (Lipinski definition) is 7. The summed E-state index contributed by atoms with van der Waals surface area (Å²) in [6, 6.07) is 12.0. The number of aliphatic hydroxyl groups is 1. The second-order valence-electron chi connectivity index (χ2n) is 6.19. The van der Waals surface area contributed by atoms with E-state index in [1.54, 1.807) is 36.4 Å². The van der Waals surface area contributed by atoms with Crippen LogP contribution in [-0.4, -0.2) is 46.9 Å². The summed E-state index contributed by atoms with van der Waals surface area (Å²) < 4.78 is 5.10. The van der Waals surface area contributed by atoms with Crippen molar-refractivity contribution in [3.63, 3.8) is 0 Å². The molecule has 0 fully saturated rings. The number of hydrogen-bond donors (Lipinski definition) is 4. The number of ether oxygens (including phenoxy) is 1. The van der Waals surface area contributed by atoms with Crippen molar-refractivity contribution < 1.29 is 34.4 Å². The first kappa shape index (κ1) is 21.7. The highest BCUT2D eigenvalue weighted by atomic mass is 16.5. The van der Waals surface area contributed by atoms with Crippen molar-refractivity contribution in [1.82, 2.24) is 10.6 Å². The number of rotatable bonds is 9. The van der Waals surface area contributed by atoms with E-state index in [4.69, 9.17) is 9.84 Å². The van der Waals surface area contributed by atoms with Crippen molar-refractivity contribution in [2.75, 3.05) is 6.61 Å². The van der Waals surface area contributed by atoms with Crippen LogP contribution in [0.4, 0.5) is 4.79 Å². The lowest BCUT2D eigenvalue weighted by atomic mass is 10.0. The molecule has 0 saturated heterocycles. The van der Waals surface area contributed by atoms with Gasteiger partial charge in [-0.3, -0.25) is 4.79 Å². The molecule has 0 spiro atoms. The van der Waals surface area contributed by atoms with E-state index < -0.39 is 36.7 Å². The average molecular weight is 401 g/mol. The van der Waals surface area contributed by atoms with Gasteiger partial charge in [0.1, 0.15) is 18.4 Å². The van der Waals surface area contributed by atoms with Crippen molar-refractivity contribution in [2.45, 2.75) is 25.1 Å². The minimum atomic E-state index is -1.66. The molecule has 154 valence electrons. The molecular formula is C20H21N2O7-. The molecule has 2 rings (SSSR count). The van der Waals surface area contributed by atoms with Crippen LogP contribution >= 0.6 is 0 Å². The Morgan fingerprint density at radius 3 is 2.17 bits per heavy atom. The standard InChI is InChI=1S/C20H22N2O7/c23-11-17(19(26)27)21-18(25)16(10-13-6-8-15(24)9-7-13)22-20(28)29-12-14-4-2-1-3-5-14/h1-9,16-17,23-24H,10-12H2,(H,21,25)(H,22,28)(H,26,27)/p-1/t16-,17+/m1/s1. The van der Waals surface area contributed by atoms with Gasteiger partial charge >= 0.3 is 6.09 Å². The summed E-state index contributed by atoms with van der Waals surface area (Å²) in [5.41, 5.74) is 1.35. The first-order valence-electron chi connectivity index (χ1n) is 8.76. The van der Waals surface area contributed by atoms with Crippen LogP contribution in [0.5, 0.6) is 5.75 Å². The Balaban J connectivity index is 2.05. The van der Waals surface area contributed by atoms with E-state index in [1.807, 2.05) is 6.07 Å². The largest absolute Gasteiger partial charge is 0.548 e. The van der Waals surface area contributed by atoms with Crippen molar-refractivity contribution in [2.24, 2.45) is 0 Å². The fraction of sp³-hybridized carbons (Fsp3) is 0.250. The summed E-state index contributed by atoms with van der Waals surface area (Å²) in [5.74, 6) is -2.46. The van der Waals surface area contributed by atoms with Crippen LogP contribution in [-0.2, 0) is 27.4 Å². The molecule has 2 aromatic rings. The zero-order valence-electron chi connectivity index (χ0n) is 15.4. The van der Waals surface area contributed by atoms with Gasteiger partial charge in [0.05, 0.1) is 18.6 Å². The Kier molecular flexibility index (Phi) is 7.99. The molecule has 0 saturated carbocycles. The summed E-state index contributed by atoms with van der Waals surface area (Å²) in [6.07, 6.45) is -0.876. The molecule has 0 unspecified atom stereocenters. The third-order valence-electron chi connectivity index (χ3n) is 3.98. The highest BCUT2D eigenvalue weighted by Crippen LogP contribution is 2.12. The monoisotopic (exact) mass is 401 g/mol. The molecule has 4 N–H and O–H groups in total. The number of phenols is 1. The number of carboxylic acid groups (broad SMARTS) is 1. The summed E-state index contributed by atoms with van der Waals surface area (Å²) in [6.45, 7) is -0.878. The molecule has 2 amide bonds. The zero-order chi connectivity index (χ0) is 21.2. The second-order valence-corrected chi connectivity index (χ2v) is 6.19. The predicted octanol–water partition coefficient (Wildman–Crippen LogP) is -0.543. The van der Waals surface area contributed by atoms with Gasteiger partial charge in [-0.05, 0) is 23.3 Å². The number of aliphatic hydroxyl groups excluding tert-OH is 1. The number of alkyl carbamates (subject to hydrolysis) is 1. The van der Waals surface area contributed by atoms with E-state index in [1.165, 1.54) is 12.1 Å². The fourth-order valence-corrected chi connectivity index (χ4v) is 2.44. The maximum Gasteiger partial charge on any atom is 0.408 e. The predicted molar refractivity (Wildman–Crippen MR) is 99.4 cm³/mol. The molecule has 9 nitrogen and oxygen atoms in total. The van der Waals surface area contributed by atoms with Crippen molar-refractivity contribution in [1.29, 1.82) is 0 Å². The van der Waals surface area contributed by atoms with Gasteiger partial charge in [0.2, 0.25) is 5.91 Å². The lowest BCUT2D eigenvalue weighted by molar-refractivity contribution is -0.309. The molecular weight excluding hydrogens is 380 g/mol. The van der Waals surface area contributed by atoms with Gasteiger partial charge in [0, 0.05) is 6.42 Å². The van der Waals surface area contributed by atoms with E-state index in [2.05, 4.69) is 10.6 Å². The first-order valence-corrected chi connectivity index (χ1v) is 8.76. The fourth-order valence-electron chi connectivity index (χ4n) is 2.44. The van der Waals surface area contributed by atoms with Crippen molar-refractivity contribution in [3.8, 4) is 5.75 Å². The van der Waals surface area contributed by atoms with Crippen LogP contribution in [0.15, 0.2) is 54.6 Å². The van der Waals surface area contributed by atoms with Crippen molar-refractivity contribution >= 4 is 18.0 Å². The number of nitrogens with one attached hydrogen (secondary N) is 2. The Morgan fingerprint density at radius 2 is 1.59 bits per heavy atom. The molecule has 9 heteroatoms. The van der Waals surface area contributed by atoms with E-state index in [0.29, 0.717) is 5.56 Å². The number of amides is 2. The molecule has 2 aromatic carbocycles. The van der Waals surface area contributed by atoms with Crippen LogP contribution in [0.25, 0.3) is 0 Å². The third kappa shape index (κ3) is 7.15. The van der Waals surface area contributed by atoms with Gasteiger partial charge in [-0.2, -0.15) is 0 Å². The molecule has 0 aliphatic heterocycles. The van der Waals surface area contributed by atoms with Gasteiger partial charge in [-0.25, -0.2) is 4.79 Å². The number of carbonyl (C=O) groups is 3. The lowest BCUT2D eigenvalue weighted by Crippen LogP contribution is -2.56. The summed E-state index contributed by atoms with van der Waals surface area (Å²) in [7, 11) is 0. The quantitative estimate of drug-likeness (QED) is 0.441. The minimum absolute atomic E-state index is 0.00224. The van der Waals surface area contributed by atoms with Crippen LogP contribution in [0.3, 0.4) is 0 Å². The van der Waals surface area contributed by atoms with E-state index in [9.17, 15) is 24.6 Å². The highest BCUT2D eigenvalue weighted by Gasteiger charge is 2.24. The highest BCUT2D eigenvalue weighted by molar-refractivity contribution is 5.89. The van der Waals surface area contributed by atoms with E-state index in [0.717, 1.165) is 5.56 Å². The first-order chi connectivity index (χ1) is 13.9. The minimum Gasteiger partial charge on any atom is -0.548 e. The van der Waals surface area contributed by atoms with Crippen LogP contribution in [0.1, 0.15) is 11.1 Å².